The molecule has 6 nitrogen and oxygen atoms in total. The van der Waals surface area contributed by atoms with Crippen LogP contribution in [0.3, 0.4) is 0 Å². The normalized spacial score (nSPS) is 11.9. The van der Waals surface area contributed by atoms with Gasteiger partial charge in [-0.05, 0) is 146 Å². The van der Waals surface area contributed by atoms with Crippen LogP contribution in [0.25, 0.3) is 0 Å². The second-order valence-corrected chi connectivity index (χ2v) is 16.2. The number of hydrogen-bond acceptors (Lipinski definition) is 5. The topological polar surface area (TPSA) is 86.6 Å². The van der Waals surface area contributed by atoms with Crippen LogP contribution in [0.5, 0.6) is 0 Å². The summed E-state index contributed by atoms with van der Waals surface area (Å²) in [4.78, 5) is 28.2. The summed E-state index contributed by atoms with van der Waals surface area (Å²) in [5.74, 6) is -0.153. The van der Waals surface area contributed by atoms with E-state index in [1.54, 1.807) is 0 Å². The van der Waals surface area contributed by atoms with E-state index in [2.05, 4.69) is 146 Å². The summed E-state index contributed by atoms with van der Waals surface area (Å²) in [6.07, 6.45) is 13.2. The van der Waals surface area contributed by atoms with Crippen LogP contribution >= 0.6 is 0 Å². The van der Waals surface area contributed by atoms with Gasteiger partial charge in [0.25, 0.3) is 0 Å². The summed E-state index contributed by atoms with van der Waals surface area (Å²) in [5, 5.41) is 14.3. The SMILES string of the molecule is CCCCc1ccc(Nc2ccc(Nc3ccc(CCCC)cc3)c3c2C(=O)c2c(Nc4ccc(CCCC)cc4)ccc(Nc4ccc(CCCC)cc4)c2C3=[OH+])cc1. The largest absolute Gasteiger partial charge is 0.360 e. The third-order valence-corrected chi connectivity index (χ3v) is 11.5. The highest BCUT2D eigenvalue weighted by molar-refractivity contribution is 6.35. The maximum absolute atomic E-state index is 15.5. The molecule has 5 N–H and O–H groups in total. The predicted molar refractivity (Wildman–Crippen MR) is 255 cm³/mol. The van der Waals surface area contributed by atoms with Crippen molar-refractivity contribution in [3.8, 4) is 0 Å². The lowest BCUT2D eigenvalue weighted by Crippen LogP contribution is -2.26. The third kappa shape index (κ3) is 9.99. The Balaban J connectivity index is 1.33. The molecule has 0 bridgehead atoms. The molecule has 1 aliphatic rings. The molecule has 0 spiro atoms. The number of hydrogen-bond donors (Lipinski definition) is 4. The smallest absolute Gasteiger partial charge is 0.355 e. The van der Waals surface area contributed by atoms with Crippen molar-refractivity contribution < 1.29 is 9.59 Å². The molecule has 0 heterocycles. The van der Waals surface area contributed by atoms with E-state index >= 15 is 4.79 Å². The van der Waals surface area contributed by atoms with Gasteiger partial charge in [0, 0.05) is 22.7 Å². The predicted octanol–water partition coefficient (Wildman–Crippen LogP) is 14.5. The molecule has 0 unspecified atom stereocenters. The van der Waals surface area contributed by atoms with Crippen LogP contribution < -0.4 is 21.3 Å². The lowest BCUT2D eigenvalue weighted by molar-refractivity contribution is 0.103. The fourth-order valence-electron chi connectivity index (χ4n) is 8.00. The van der Waals surface area contributed by atoms with Gasteiger partial charge >= 0.3 is 5.78 Å². The maximum Gasteiger partial charge on any atom is 0.360 e. The minimum absolute atomic E-state index is 0.0286. The standard InChI is InChI=1S/C54H60N4O2/c1-5-9-13-37-17-25-41(26-18-37)55-45-33-34-46(56-42-27-19-38(20-28-42)14-10-6-2)50-49(45)53(59)51-47(57-43-29-21-39(22-30-43)15-11-7-3)35-36-48(52(51)54(50)60)58-44-31-23-40(24-32-44)16-12-8-4/h17-36,55-58H,5-16H2,1-4H3/p+1. The summed E-state index contributed by atoms with van der Waals surface area (Å²) in [6.45, 7) is 8.83. The van der Waals surface area contributed by atoms with E-state index < -0.39 is 0 Å². The first-order chi connectivity index (χ1) is 29.4. The monoisotopic (exact) mass is 797 g/mol. The number of anilines is 8. The number of carbonyl (C=O) groups is 1. The van der Waals surface area contributed by atoms with E-state index in [1.165, 1.54) is 22.3 Å². The number of carbonyl (C=O) groups excluding carboxylic acids is 2. The van der Waals surface area contributed by atoms with Gasteiger partial charge in [-0.2, -0.15) is 0 Å². The molecule has 0 saturated heterocycles. The van der Waals surface area contributed by atoms with E-state index in [0.717, 1.165) is 99.8 Å². The molecule has 60 heavy (non-hydrogen) atoms. The Morgan fingerprint density at radius 1 is 0.350 bits per heavy atom. The molecular weight excluding hydrogens is 737 g/mol. The van der Waals surface area contributed by atoms with Gasteiger partial charge in [0.1, 0.15) is 11.1 Å². The fourth-order valence-corrected chi connectivity index (χ4v) is 8.00. The van der Waals surface area contributed by atoms with Crippen LogP contribution in [-0.2, 0) is 25.7 Å². The van der Waals surface area contributed by atoms with Gasteiger partial charge in [0.2, 0.25) is 0 Å². The number of rotatable bonds is 20. The van der Waals surface area contributed by atoms with E-state index in [1.807, 2.05) is 24.3 Å². The van der Waals surface area contributed by atoms with E-state index in [4.69, 9.17) is 0 Å². The molecule has 6 aromatic carbocycles. The van der Waals surface area contributed by atoms with E-state index in [-0.39, 0.29) is 11.6 Å². The van der Waals surface area contributed by atoms with E-state index in [0.29, 0.717) is 45.0 Å². The minimum Gasteiger partial charge on any atom is -0.355 e. The zero-order valence-corrected chi connectivity index (χ0v) is 35.9. The summed E-state index contributed by atoms with van der Waals surface area (Å²) >= 11 is 0. The zero-order chi connectivity index (χ0) is 41.8. The first-order valence-corrected chi connectivity index (χ1v) is 22.3. The molecule has 0 saturated carbocycles. The van der Waals surface area contributed by atoms with Crippen LogP contribution in [0, 0.1) is 0 Å². The average Bonchev–Trinajstić information content (AvgIpc) is 3.28. The molecule has 0 atom stereocenters. The summed E-state index contributed by atoms with van der Waals surface area (Å²) in [7, 11) is 0. The molecule has 0 fully saturated rings. The summed E-state index contributed by atoms with van der Waals surface area (Å²) in [5.41, 5.74) is 12.9. The minimum atomic E-state index is -0.181. The first kappa shape index (κ1) is 42.0. The molecule has 0 aromatic heterocycles. The fraction of sp³-hybridized carbons (Fsp3) is 0.296. The number of unbranched alkanes of at least 4 members (excludes halogenated alkanes) is 4. The highest BCUT2D eigenvalue weighted by Gasteiger charge is 2.42. The van der Waals surface area contributed by atoms with Crippen LogP contribution in [0.4, 0.5) is 45.5 Å². The Hall–Kier alpha value is -6.14. The van der Waals surface area contributed by atoms with Crippen molar-refractivity contribution >= 4 is 57.1 Å². The Morgan fingerprint density at radius 3 is 0.817 bits per heavy atom. The van der Waals surface area contributed by atoms with Crippen molar-refractivity contribution in [2.75, 3.05) is 21.3 Å². The van der Waals surface area contributed by atoms with Crippen molar-refractivity contribution in [3.63, 3.8) is 0 Å². The van der Waals surface area contributed by atoms with E-state index in [9.17, 15) is 4.79 Å². The Morgan fingerprint density at radius 2 is 0.583 bits per heavy atom. The van der Waals surface area contributed by atoms with Gasteiger partial charge in [-0.15, -0.1) is 0 Å². The molecule has 6 aromatic rings. The van der Waals surface area contributed by atoms with Crippen LogP contribution in [0.1, 0.15) is 128 Å². The van der Waals surface area contributed by atoms with Gasteiger partial charge in [0.05, 0.1) is 33.9 Å². The number of benzene rings is 6. The van der Waals surface area contributed by atoms with Gasteiger partial charge in [-0.25, -0.2) is 0 Å². The number of ketones is 2. The van der Waals surface area contributed by atoms with Crippen LogP contribution in [-0.4, -0.2) is 16.4 Å². The van der Waals surface area contributed by atoms with Gasteiger partial charge < -0.3 is 21.3 Å². The summed E-state index contributed by atoms with van der Waals surface area (Å²) in [6, 6.07) is 41.6. The van der Waals surface area contributed by atoms with Crippen molar-refractivity contribution in [1.29, 1.82) is 0 Å². The van der Waals surface area contributed by atoms with Crippen molar-refractivity contribution in [2.45, 2.75) is 105 Å². The second kappa shape index (κ2) is 20.2. The molecule has 7 rings (SSSR count). The molecular formula is C54H61N4O2+. The quantitative estimate of drug-likeness (QED) is 0.0577. The second-order valence-electron chi connectivity index (χ2n) is 16.2. The van der Waals surface area contributed by atoms with Crippen LogP contribution in [0.15, 0.2) is 121 Å². The van der Waals surface area contributed by atoms with Gasteiger partial charge in [-0.1, -0.05) is 102 Å². The molecule has 0 amide bonds. The maximum atomic E-state index is 15.5. The molecule has 0 radical (unpaired) electrons. The average molecular weight is 798 g/mol. The Labute approximate surface area is 357 Å². The highest BCUT2D eigenvalue weighted by atomic mass is 16.1. The van der Waals surface area contributed by atoms with Crippen molar-refractivity contribution in [3.05, 3.63) is 166 Å². The van der Waals surface area contributed by atoms with Gasteiger partial charge in [0.15, 0.2) is 5.78 Å². The summed E-state index contributed by atoms with van der Waals surface area (Å²) < 4.78 is 0. The Bertz CT molecular complexity index is 2050. The number of fused-ring (bicyclic) bond motifs is 2. The number of nitrogens with one attached hydrogen (secondary N) is 4. The third-order valence-electron chi connectivity index (χ3n) is 11.5. The van der Waals surface area contributed by atoms with Crippen molar-refractivity contribution in [1.82, 2.24) is 0 Å². The highest BCUT2D eigenvalue weighted by Crippen LogP contribution is 2.44. The molecule has 1 aliphatic carbocycles. The van der Waals surface area contributed by atoms with Crippen LogP contribution in [0.2, 0.25) is 0 Å². The Kier molecular flexibility index (Phi) is 14.2. The van der Waals surface area contributed by atoms with Crippen molar-refractivity contribution in [2.24, 2.45) is 0 Å². The molecule has 6 heteroatoms. The lowest BCUT2D eigenvalue weighted by atomic mass is 9.80. The molecule has 0 aliphatic heterocycles. The lowest BCUT2D eigenvalue weighted by Gasteiger charge is -2.25. The number of aryl methyl sites for hydroxylation is 4. The molecule has 308 valence electrons. The van der Waals surface area contributed by atoms with Gasteiger partial charge in [-0.3, -0.25) is 9.59 Å². The zero-order valence-electron chi connectivity index (χ0n) is 35.9. The first-order valence-electron chi connectivity index (χ1n) is 22.3.